The molecule has 0 bridgehead atoms. The zero-order chi connectivity index (χ0) is 12.5. The third kappa shape index (κ3) is 1.73. The van der Waals surface area contributed by atoms with Gasteiger partial charge in [-0.05, 0) is 6.07 Å². The maximum Gasteiger partial charge on any atom is 0.347 e. The Kier molecular flexibility index (Phi) is 2.51. The minimum atomic E-state index is -0.772. The smallest absolute Gasteiger partial charge is 0.347 e. The predicted octanol–water partition coefficient (Wildman–Crippen LogP) is 1.64. The van der Waals surface area contributed by atoms with E-state index in [-0.39, 0.29) is 0 Å². The molecule has 0 spiro atoms. The van der Waals surface area contributed by atoms with Crippen molar-refractivity contribution in [3.8, 4) is 0 Å². The van der Waals surface area contributed by atoms with Crippen LogP contribution in [0.15, 0.2) is 30.5 Å². The van der Waals surface area contributed by atoms with Gasteiger partial charge in [-0.2, -0.15) is 0 Å². The van der Waals surface area contributed by atoms with E-state index in [0.29, 0.717) is 18.6 Å². The lowest BCUT2D eigenvalue weighted by atomic mass is 10.2. The quantitative estimate of drug-likeness (QED) is 0.817. The standard InChI is InChI=1S/C13H11NO4/c15-12(18-11-5-6-17-13(11)16)9-7-14-10-4-2-1-3-8(9)10/h1-4,7,11,14H,5-6H2. The molecule has 5 heteroatoms. The minimum Gasteiger partial charge on any atom is -0.463 e. The Morgan fingerprint density at radius 1 is 1.39 bits per heavy atom. The highest BCUT2D eigenvalue weighted by atomic mass is 16.6. The van der Waals surface area contributed by atoms with Crippen molar-refractivity contribution in [2.75, 3.05) is 6.61 Å². The molecule has 1 unspecified atom stereocenters. The number of rotatable bonds is 2. The lowest BCUT2D eigenvalue weighted by Crippen LogP contribution is -2.22. The summed E-state index contributed by atoms with van der Waals surface area (Å²) in [6.45, 7) is 0.310. The summed E-state index contributed by atoms with van der Waals surface area (Å²) >= 11 is 0. The first-order valence-electron chi connectivity index (χ1n) is 5.69. The highest BCUT2D eigenvalue weighted by Gasteiger charge is 2.31. The Morgan fingerprint density at radius 3 is 3.00 bits per heavy atom. The first kappa shape index (κ1) is 10.8. The third-order valence-electron chi connectivity index (χ3n) is 2.95. The van der Waals surface area contributed by atoms with Crippen LogP contribution in [-0.4, -0.2) is 29.6 Å². The average molecular weight is 245 g/mol. The summed E-state index contributed by atoms with van der Waals surface area (Å²) in [7, 11) is 0. The lowest BCUT2D eigenvalue weighted by molar-refractivity contribution is -0.145. The van der Waals surface area contributed by atoms with Crippen LogP contribution in [0, 0.1) is 0 Å². The molecule has 1 aliphatic rings. The van der Waals surface area contributed by atoms with E-state index in [9.17, 15) is 9.59 Å². The first-order valence-corrected chi connectivity index (χ1v) is 5.69. The number of carbonyl (C=O) groups is 2. The number of carbonyl (C=O) groups excluding carboxylic acids is 2. The van der Waals surface area contributed by atoms with E-state index in [2.05, 4.69) is 4.98 Å². The van der Waals surface area contributed by atoms with Gasteiger partial charge in [-0.15, -0.1) is 0 Å². The fourth-order valence-electron chi connectivity index (χ4n) is 2.02. The van der Waals surface area contributed by atoms with Gasteiger partial charge < -0.3 is 14.5 Å². The molecule has 1 aromatic carbocycles. The summed E-state index contributed by atoms with van der Waals surface area (Å²) in [5.41, 5.74) is 1.30. The average Bonchev–Trinajstić information content (AvgIpc) is 2.96. The van der Waals surface area contributed by atoms with Crippen molar-refractivity contribution in [1.82, 2.24) is 4.98 Å². The molecule has 1 aliphatic heterocycles. The second kappa shape index (κ2) is 4.18. The Bertz CT molecular complexity index is 616. The summed E-state index contributed by atoms with van der Waals surface area (Å²) < 4.78 is 9.89. The number of H-pyrrole nitrogens is 1. The van der Waals surface area contributed by atoms with E-state index in [0.717, 1.165) is 10.9 Å². The van der Waals surface area contributed by atoms with Crippen molar-refractivity contribution in [3.63, 3.8) is 0 Å². The van der Waals surface area contributed by atoms with Crippen LogP contribution < -0.4 is 0 Å². The second-order valence-electron chi connectivity index (χ2n) is 4.10. The zero-order valence-electron chi connectivity index (χ0n) is 9.51. The Morgan fingerprint density at radius 2 is 2.22 bits per heavy atom. The van der Waals surface area contributed by atoms with Crippen LogP contribution >= 0.6 is 0 Å². The van der Waals surface area contributed by atoms with Gasteiger partial charge in [-0.25, -0.2) is 9.59 Å². The van der Waals surface area contributed by atoms with Gasteiger partial charge in [0.05, 0.1) is 12.2 Å². The summed E-state index contributed by atoms with van der Waals surface area (Å²) in [5.74, 6) is -0.973. The number of cyclic esters (lactones) is 1. The largest absolute Gasteiger partial charge is 0.463 e. The van der Waals surface area contributed by atoms with E-state index in [1.54, 1.807) is 6.20 Å². The van der Waals surface area contributed by atoms with Gasteiger partial charge in [0.25, 0.3) is 0 Å². The van der Waals surface area contributed by atoms with Gasteiger partial charge in [-0.3, -0.25) is 0 Å². The molecule has 0 radical (unpaired) electrons. The normalized spacial score (nSPS) is 18.9. The molecule has 3 rings (SSSR count). The van der Waals surface area contributed by atoms with E-state index in [4.69, 9.17) is 9.47 Å². The summed E-state index contributed by atoms with van der Waals surface area (Å²) in [6, 6.07) is 7.42. The molecule has 2 heterocycles. The zero-order valence-corrected chi connectivity index (χ0v) is 9.51. The van der Waals surface area contributed by atoms with Crippen LogP contribution in [0.3, 0.4) is 0 Å². The second-order valence-corrected chi connectivity index (χ2v) is 4.10. The minimum absolute atomic E-state index is 0.310. The van der Waals surface area contributed by atoms with Gasteiger partial charge in [0, 0.05) is 23.5 Å². The number of para-hydroxylation sites is 1. The topological polar surface area (TPSA) is 68.4 Å². The van der Waals surface area contributed by atoms with Crippen molar-refractivity contribution in [3.05, 3.63) is 36.0 Å². The Labute approximate surface area is 103 Å². The number of aromatic nitrogens is 1. The molecule has 0 aliphatic carbocycles. The van der Waals surface area contributed by atoms with Crippen LogP contribution in [0.2, 0.25) is 0 Å². The molecule has 1 fully saturated rings. The van der Waals surface area contributed by atoms with Crippen LogP contribution in [0.25, 0.3) is 10.9 Å². The molecule has 18 heavy (non-hydrogen) atoms. The van der Waals surface area contributed by atoms with Crippen LogP contribution in [-0.2, 0) is 14.3 Å². The number of fused-ring (bicyclic) bond motifs is 1. The maximum atomic E-state index is 12.0. The monoisotopic (exact) mass is 245 g/mol. The number of esters is 2. The predicted molar refractivity (Wildman–Crippen MR) is 63.1 cm³/mol. The van der Waals surface area contributed by atoms with Crippen molar-refractivity contribution in [2.24, 2.45) is 0 Å². The summed E-state index contributed by atoms with van der Waals surface area (Å²) in [4.78, 5) is 26.2. The number of benzene rings is 1. The molecule has 1 saturated heterocycles. The van der Waals surface area contributed by atoms with Gasteiger partial charge in [0.15, 0.2) is 0 Å². The SMILES string of the molecule is O=C(OC1CCOC1=O)c1c[nH]c2ccccc12. The molecule has 1 atom stereocenters. The lowest BCUT2D eigenvalue weighted by Gasteiger charge is -2.07. The van der Waals surface area contributed by atoms with Crippen molar-refractivity contribution < 1.29 is 19.1 Å². The number of aromatic amines is 1. The number of nitrogens with one attached hydrogen (secondary N) is 1. The number of hydrogen-bond donors (Lipinski definition) is 1. The molecule has 5 nitrogen and oxygen atoms in total. The van der Waals surface area contributed by atoms with Crippen molar-refractivity contribution in [2.45, 2.75) is 12.5 Å². The van der Waals surface area contributed by atoms with Crippen LogP contribution in [0.1, 0.15) is 16.8 Å². The molecule has 2 aromatic rings. The van der Waals surface area contributed by atoms with Gasteiger partial charge in [0.2, 0.25) is 6.10 Å². The van der Waals surface area contributed by atoms with E-state index in [1.807, 2.05) is 24.3 Å². The fraction of sp³-hybridized carbons (Fsp3) is 0.231. The van der Waals surface area contributed by atoms with E-state index >= 15 is 0 Å². The van der Waals surface area contributed by atoms with Crippen molar-refractivity contribution in [1.29, 1.82) is 0 Å². The highest BCUT2D eigenvalue weighted by Crippen LogP contribution is 2.20. The first-order chi connectivity index (χ1) is 8.75. The third-order valence-corrected chi connectivity index (χ3v) is 2.95. The molecular weight excluding hydrogens is 234 g/mol. The van der Waals surface area contributed by atoms with E-state index in [1.165, 1.54) is 0 Å². The highest BCUT2D eigenvalue weighted by molar-refractivity contribution is 6.04. The molecule has 0 amide bonds. The van der Waals surface area contributed by atoms with Crippen LogP contribution in [0.4, 0.5) is 0 Å². The molecule has 1 aromatic heterocycles. The van der Waals surface area contributed by atoms with Crippen molar-refractivity contribution >= 4 is 22.8 Å². The van der Waals surface area contributed by atoms with Gasteiger partial charge in [0.1, 0.15) is 0 Å². The molecule has 92 valence electrons. The summed E-state index contributed by atoms with van der Waals surface area (Å²) in [5, 5.41) is 0.786. The number of hydrogen-bond acceptors (Lipinski definition) is 4. The van der Waals surface area contributed by atoms with Crippen LogP contribution in [0.5, 0.6) is 0 Å². The maximum absolute atomic E-state index is 12.0. The fourth-order valence-corrected chi connectivity index (χ4v) is 2.02. The number of ether oxygens (including phenoxy) is 2. The molecule has 0 saturated carbocycles. The Hall–Kier alpha value is -2.30. The molecule has 1 N–H and O–H groups in total. The molecular formula is C13H11NO4. The summed E-state index contributed by atoms with van der Waals surface area (Å²) in [6.07, 6.45) is 1.24. The Balaban J connectivity index is 1.86. The van der Waals surface area contributed by atoms with E-state index < -0.39 is 18.0 Å². The van der Waals surface area contributed by atoms with Gasteiger partial charge in [-0.1, -0.05) is 18.2 Å². The van der Waals surface area contributed by atoms with Gasteiger partial charge >= 0.3 is 11.9 Å².